The number of nitrogens with one attached hydrogen (secondary N) is 1. The first kappa shape index (κ1) is 17.1. The number of carbonyl (C=O) groups is 2. The van der Waals surface area contributed by atoms with Crippen molar-refractivity contribution >= 4 is 22.7 Å². The third-order valence-corrected chi connectivity index (χ3v) is 5.88. The van der Waals surface area contributed by atoms with E-state index in [4.69, 9.17) is 0 Å². The normalized spacial score (nSPS) is 19.1. The maximum absolute atomic E-state index is 12.8. The predicted molar refractivity (Wildman–Crippen MR) is 102 cm³/mol. The molecular weight excluding hydrogens is 326 g/mol. The summed E-state index contributed by atoms with van der Waals surface area (Å²) >= 11 is 0. The molecule has 0 atom stereocenters. The second-order valence-corrected chi connectivity index (χ2v) is 7.58. The Kier molecular flexibility index (Phi) is 4.96. The van der Waals surface area contributed by atoms with Crippen LogP contribution in [0.15, 0.2) is 30.5 Å². The van der Waals surface area contributed by atoms with Crippen LogP contribution in [0.25, 0.3) is 10.9 Å². The van der Waals surface area contributed by atoms with Crippen LogP contribution in [-0.2, 0) is 16.0 Å². The minimum absolute atomic E-state index is 0.157. The van der Waals surface area contributed by atoms with Gasteiger partial charge in [-0.3, -0.25) is 9.59 Å². The number of aromatic nitrogens is 1. The van der Waals surface area contributed by atoms with E-state index in [9.17, 15) is 9.59 Å². The molecule has 1 aromatic heterocycles. The summed E-state index contributed by atoms with van der Waals surface area (Å²) < 4.78 is 0. The number of amides is 2. The Hall–Kier alpha value is -2.30. The van der Waals surface area contributed by atoms with Crippen LogP contribution in [-0.4, -0.2) is 52.8 Å². The number of benzene rings is 1. The molecule has 0 spiro atoms. The first-order valence-corrected chi connectivity index (χ1v) is 9.84. The quantitative estimate of drug-likeness (QED) is 0.922. The van der Waals surface area contributed by atoms with Crippen molar-refractivity contribution in [2.75, 3.05) is 26.2 Å². The summed E-state index contributed by atoms with van der Waals surface area (Å²) in [7, 11) is 0. The van der Waals surface area contributed by atoms with E-state index < -0.39 is 0 Å². The van der Waals surface area contributed by atoms with Crippen LogP contribution in [0.4, 0.5) is 0 Å². The molecule has 2 heterocycles. The lowest BCUT2D eigenvalue weighted by molar-refractivity contribution is -0.136. The smallest absolute Gasteiger partial charge is 0.227 e. The lowest BCUT2D eigenvalue weighted by Crippen LogP contribution is -2.39. The molecule has 0 radical (unpaired) electrons. The van der Waals surface area contributed by atoms with E-state index >= 15 is 0 Å². The van der Waals surface area contributed by atoms with E-state index in [1.165, 1.54) is 12.8 Å². The average Bonchev–Trinajstić information content (AvgIpc) is 3.26. The van der Waals surface area contributed by atoms with Gasteiger partial charge in [0.1, 0.15) is 0 Å². The second kappa shape index (κ2) is 7.52. The van der Waals surface area contributed by atoms with Gasteiger partial charge in [-0.25, -0.2) is 0 Å². The summed E-state index contributed by atoms with van der Waals surface area (Å²) in [5, 5.41) is 1.12. The van der Waals surface area contributed by atoms with Crippen LogP contribution >= 0.6 is 0 Å². The second-order valence-electron chi connectivity index (χ2n) is 7.58. The van der Waals surface area contributed by atoms with Crippen molar-refractivity contribution in [1.82, 2.24) is 14.8 Å². The summed E-state index contributed by atoms with van der Waals surface area (Å²) in [6.45, 7) is 2.86. The number of H-pyrrole nitrogens is 1. The highest BCUT2D eigenvalue weighted by atomic mass is 16.2. The standard InChI is InChI=1S/C21H27N3O2/c25-20(14-17-15-22-19-9-4-3-8-18(17)19)23-10-5-11-24(13-12-23)21(26)16-6-1-2-7-16/h3-4,8-9,15-16,22H,1-2,5-7,10-14H2. The molecule has 2 aromatic rings. The zero-order chi connectivity index (χ0) is 17.9. The zero-order valence-corrected chi connectivity index (χ0v) is 15.2. The van der Waals surface area contributed by atoms with Gasteiger partial charge in [0.2, 0.25) is 11.8 Å². The van der Waals surface area contributed by atoms with Crippen LogP contribution in [0.2, 0.25) is 0 Å². The molecule has 2 aliphatic rings. The van der Waals surface area contributed by atoms with Gasteiger partial charge in [-0.2, -0.15) is 0 Å². The van der Waals surface area contributed by atoms with Crippen molar-refractivity contribution in [1.29, 1.82) is 0 Å². The molecule has 0 bridgehead atoms. The molecule has 1 saturated carbocycles. The van der Waals surface area contributed by atoms with Crippen molar-refractivity contribution in [3.05, 3.63) is 36.0 Å². The number of nitrogens with zero attached hydrogens (tertiary/aromatic N) is 2. The molecule has 2 fully saturated rings. The first-order chi connectivity index (χ1) is 12.7. The lowest BCUT2D eigenvalue weighted by Gasteiger charge is -2.24. The highest BCUT2D eigenvalue weighted by molar-refractivity contribution is 5.89. The molecule has 1 aliphatic heterocycles. The molecule has 4 rings (SSSR count). The molecular formula is C21H27N3O2. The highest BCUT2D eigenvalue weighted by Gasteiger charge is 2.29. The molecule has 2 amide bonds. The van der Waals surface area contributed by atoms with Crippen molar-refractivity contribution in [2.45, 2.75) is 38.5 Å². The van der Waals surface area contributed by atoms with Crippen LogP contribution in [0, 0.1) is 5.92 Å². The van der Waals surface area contributed by atoms with E-state index in [1.807, 2.05) is 34.2 Å². The topological polar surface area (TPSA) is 56.4 Å². The Morgan fingerprint density at radius 3 is 2.54 bits per heavy atom. The SMILES string of the molecule is O=C(Cc1c[nH]c2ccccc12)N1CCCN(C(=O)C2CCCC2)CC1. The predicted octanol–water partition coefficient (Wildman–Crippen LogP) is 2.96. The third-order valence-electron chi connectivity index (χ3n) is 5.88. The molecule has 5 heteroatoms. The molecule has 0 unspecified atom stereocenters. The Morgan fingerprint density at radius 2 is 1.69 bits per heavy atom. The summed E-state index contributed by atoms with van der Waals surface area (Å²) in [4.78, 5) is 32.6. The maximum Gasteiger partial charge on any atom is 0.227 e. The molecule has 1 aromatic carbocycles. The van der Waals surface area contributed by atoms with Gasteiger partial charge in [0.05, 0.1) is 6.42 Å². The number of carbonyl (C=O) groups excluding carboxylic acids is 2. The Balaban J connectivity index is 1.37. The van der Waals surface area contributed by atoms with E-state index in [0.717, 1.165) is 48.8 Å². The van der Waals surface area contributed by atoms with Crippen molar-refractivity contribution < 1.29 is 9.59 Å². The van der Waals surface area contributed by atoms with Gasteiger partial charge in [-0.05, 0) is 30.9 Å². The molecule has 26 heavy (non-hydrogen) atoms. The fourth-order valence-corrected chi connectivity index (χ4v) is 4.37. The Labute approximate surface area is 154 Å². The molecule has 5 nitrogen and oxygen atoms in total. The van der Waals surface area contributed by atoms with Gasteiger partial charge in [-0.15, -0.1) is 0 Å². The number of para-hydroxylation sites is 1. The van der Waals surface area contributed by atoms with Gasteiger partial charge in [0.15, 0.2) is 0 Å². The minimum Gasteiger partial charge on any atom is -0.361 e. The monoisotopic (exact) mass is 353 g/mol. The first-order valence-electron chi connectivity index (χ1n) is 9.84. The van der Waals surface area contributed by atoms with E-state index in [2.05, 4.69) is 11.1 Å². The molecule has 1 N–H and O–H groups in total. The van der Waals surface area contributed by atoms with Gasteiger partial charge in [0, 0.05) is 49.2 Å². The summed E-state index contributed by atoms with van der Waals surface area (Å²) in [5.74, 6) is 0.696. The van der Waals surface area contributed by atoms with E-state index in [0.29, 0.717) is 25.4 Å². The maximum atomic E-state index is 12.8. The summed E-state index contributed by atoms with van der Waals surface area (Å²) in [6.07, 6.45) is 7.67. The van der Waals surface area contributed by atoms with Gasteiger partial charge in [0.25, 0.3) is 0 Å². The number of aromatic amines is 1. The number of fused-ring (bicyclic) bond motifs is 1. The fraction of sp³-hybridized carbons (Fsp3) is 0.524. The number of hydrogen-bond donors (Lipinski definition) is 1. The van der Waals surface area contributed by atoms with Crippen LogP contribution in [0.1, 0.15) is 37.7 Å². The van der Waals surface area contributed by atoms with Crippen molar-refractivity contribution in [2.24, 2.45) is 5.92 Å². The number of hydrogen-bond acceptors (Lipinski definition) is 2. The lowest BCUT2D eigenvalue weighted by atomic mass is 10.1. The summed E-state index contributed by atoms with van der Waals surface area (Å²) in [5.41, 5.74) is 2.12. The van der Waals surface area contributed by atoms with Crippen molar-refractivity contribution in [3.63, 3.8) is 0 Å². The summed E-state index contributed by atoms with van der Waals surface area (Å²) in [6, 6.07) is 8.08. The highest BCUT2D eigenvalue weighted by Crippen LogP contribution is 2.27. The third kappa shape index (κ3) is 3.48. The number of rotatable bonds is 3. The van der Waals surface area contributed by atoms with Gasteiger partial charge in [-0.1, -0.05) is 31.0 Å². The zero-order valence-electron chi connectivity index (χ0n) is 15.2. The van der Waals surface area contributed by atoms with E-state index in [-0.39, 0.29) is 11.8 Å². The largest absolute Gasteiger partial charge is 0.361 e. The van der Waals surface area contributed by atoms with Crippen LogP contribution in [0.3, 0.4) is 0 Å². The van der Waals surface area contributed by atoms with Crippen molar-refractivity contribution in [3.8, 4) is 0 Å². The van der Waals surface area contributed by atoms with Gasteiger partial charge >= 0.3 is 0 Å². The fourth-order valence-electron chi connectivity index (χ4n) is 4.37. The molecule has 1 aliphatic carbocycles. The van der Waals surface area contributed by atoms with Crippen LogP contribution < -0.4 is 0 Å². The van der Waals surface area contributed by atoms with E-state index in [1.54, 1.807) is 0 Å². The Bertz CT molecular complexity index is 791. The van der Waals surface area contributed by atoms with Crippen LogP contribution in [0.5, 0.6) is 0 Å². The Morgan fingerprint density at radius 1 is 0.962 bits per heavy atom. The molecule has 138 valence electrons. The minimum atomic E-state index is 0.157. The molecule has 1 saturated heterocycles. The van der Waals surface area contributed by atoms with Gasteiger partial charge < -0.3 is 14.8 Å². The average molecular weight is 353 g/mol.